The quantitative estimate of drug-likeness (QED) is 0.302. The second kappa shape index (κ2) is 12.3. The first-order valence-corrected chi connectivity index (χ1v) is 12.8. The van der Waals surface area contributed by atoms with Crippen molar-refractivity contribution >= 4 is 22.6 Å². The smallest absolute Gasteiger partial charge is 0.239 e. The van der Waals surface area contributed by atoms with Crippen LogP contribution in [0.25, 0.3) is 0 Å². The Balaban J connectivity index is 1.40. The van der Waals surface area contributed by atoms with Gasteiger partial charge in [-0.05, 0) is 43.4 Å². The van der Waals surface area contributed by atoms with Crippen molar-refractivity contribution < 1.29 is 4.79 Å². The Morgan fingerprint density at radius 2 is 1.57 bits per heavy atom. The molecule has 35 heavy (non-hydrogen) atoms. The predicted octanol–water partition coefficient (Wildman–Crippen LogP) is 5.58. The molecule has 0 aliphatic heterocycles. The summed E-state index contributed by atoms with van der Waals surface area (Å²) in [6.07, 6.45) is 2.52. The van der Waals surface area contributed by atoms with Gasteiger partial charge in [-0.25, -0.2) is 4.98 Å². The van der Waals surface area contributed by atoms with Crippen molar-refractivity contribution in [1.82, 2.24) is 14.7 Å². The lowest BCUT2D eigenvalue weighted by Crippen LogP contribution is -2.41. The van der Waals surface area contributed by atoms with Crippen molar-refractivity contribution in [2.24, 2.45) is 0 Å². The molecule has 0 saturated carbocycles. The van der Waals surface area contributed by atoms with E-state index in [4.69, 9.17) is 4.98 Å². The molecule has 4 rings (SSSR count). The number of hydrogen-bond acceptors (Lipinski definition) is 5. The summed E-state index contributed by atoms with van der Waals surface area (Å²) in [6.45, 7) is 4.99. The van der Waals surface area contributed by atoms with Crippen LogP contribution in [0.5, 0.6) is 0 Å². The molecule has 6 heteroatoms. The third-order valence-electron chi connectivity index (χ3n) is 5.88. The van der Waals surface area contributed by atoms with Gasteiger partial charge in [-0.15, -0.1) is 0 Å². The molecule has 0 saturated heterocycles. The first-order valence-electron chi connectivity index (χ1n) is 12.1. The SMILES string of the molecule is Cc1ccc(Cc2nsc(N(CC(=O)NC(C)CCc3ccccc3)Cc3ccccc3)n2)cc1. The number of nitrogens with zero attached hydrogens (tertiary/aromatic N) is 3. The van der Waals surface area contributed by atoms with E-state index < -0.39 is 0 Å². The molecule has 0 aliphatic rings. The molecule has 3 aromatic carbocycles. The molecule has 4 aromatic rings. The van der Waals surface area contributed by atoms with Gasteiger partial charge in [-0.1, -0.05) is 90.5 Å². The van der Waals surface area contributed by atoms with Crippen molar-refractivity contribution in [3.63, 3.8) is 0 Å². The van der Waals surface area contributed by atoms with E-state index in [1.165, 1.54) is 28.2 Å². The van der Waals surface area contributed by atoms with Crippen molar-refractivity contribution in [2.75, 3.05) is 11.4 Å². The highest BCUT2D eigenvalue weighted by Gasteiger charge is 2.18. The number of rotatable bonds is 11. The number of hydrogen-bond donors (Lipinski definition) is 1. The van der Waals surface area contributed by atoms with E-state index in [1.54, 1.807) is 0 Å². The first-order chi connectivity index (χ1) is 17.0. The molecular weight excluding hydrogens is 452 g/mol. The number of aryl methyl sites for hydroxylation is 2. The maximum absolute atomic E-state index is 13.0. The molecular formula is C29H32N4OS. The van der Waals surface area contributed by atoms with E-state index in [0.717, 1.165) is 29.4 Å². The summed E-state index contributed by atoms with van der Waals surface area (Å²) >= 11 is 1.35. The zero-order chi connectivity index (χ0) is 24.5. The van der Waals surface area contributed by atoms with Crippen molar-refractivity contribution in [3.05, 3.63) is 113 Å². The number of aromatic nitrogens is 2. The third-order valence-corrected chi connectivity index (χ3v) is 6.69. The van der Waals surface area contributed by atoms with Gasteiger partial charge in [0, 0.05) is 30.5 Å². The topological polar surface area (TPSA) is 58.1 Å². The molecule has 0 bridgehead atoms. The summed E-state index contributed by atoms with van der Waals surface area (Å²) < 4.78 is 4.58. The van der Waals surface area contributed by atoms with E-state index in [-0.39, 0.29) is 18.5 Å². The molecule has 1 amide bonds. The minimum atomic E-state index is -0.00298. The molecule has 1 aromatic heterocycles. The lowest BCUT2D eigenvalue weighted by molar-refractivity contribution is -0.120. The largest absolute Gasteiger partial charge is 0.352 e. The van der Waals surface area contributed by atoms with E-state index >= 15 is 0 Å². The zero-order valence-corrected chi connectivity index (χ0v) is 21.2. The van der Waals surface area contributed by atoms with Gasteiger partial charge in [0.05, 0.1) is 6.54 Å². The highest BCUT2D eigenvalue weighted by Crippen LogP contribution is 2.21. The third kappa shape index (κ3) is 7.76. The minimum Gasteiger partial charge on any atom is -0.352 e. The molecule has 1 N–H and O–H groups in total. The van der Waals surface area contributed by atoms with E-state index in [2.05, 4.69) is 84.2 Å². The molecule has 0 aliphatic carbocycles. The number of nitrogens with one attached hydrogen (secondary N) is 1. The summed E-state index contributed by atoms with van der Waals surface area (Å²) in [7, 11) is 0. The Morgan fingerprint density at radius 1 is 0.914 bits per heavy atom. The Morgan fingerprint density at radius 3 is 2.26 bits per heavy atom. The van der Waals surface area contributed by atoms with Crippen LogP contribution in [-0.2, 0) is 24.2 Å². The Bertz CT molecular complexity index is 1190. The van der Waals surface area contributed by atoms with Gasteiger partial charge in [0.1, 0.15) is 5.82 Å². The maximum atomic E-state index is 13.0. The van der Waals surface area contributed by atoms with Crippen LogP contribution in [0.15, 0.2) is 84.9 Å². The van der Waals surface area contributed by atoms with Gasteiger partial charge < -0.3 is 10.2 Å². The number of benzene rings is 3. The van der Waals surface area contributed by atoms with Crippen molar-refractivity contribution in [1.29, 1.82) is 0 Å². The zero-order valence-electron chi connectivity index (χ0n) is 20.4. The van der Waals surface area contributed by atoms with Gasteiger partial charge in [0.15, 0.2) is 0 Å². The van der Waals surface area contributed by atoms with Crippen LogP contribution < -0.4 is 10.2 Å². The lowest BCUT2D eigenvalue weighted by atomic mass is 10.1. The summed E-state index contributed by atoms with van der Waals surface area (Å²) in [6, 6.07) is 29.1. The van der Waals surface area contributed by atoms with Gasteiger partial charge in [0.2, 0.25) is 11.0 Å². The summed E-state index contributed by atoms with van der Waals surface area (Å²) in [5, 5.41) is 3.93. The summed E-state index contributed by atoms with van der Waals surface area (Å²) in [5.41, 5.74) is 4.83. The molecule has 1 atom stereocenters. The van der Waals surface area contributed by atoms with E-state index in [1.807, 2.05) is 29.2 Å². The maximum Gasteiger partial charge on any atom is 0.239 e. The minimum absolute atomic E-state index is 0.00298. The second-order valence-electron chi connectivity index (χ2n) is 8.99. The highest BCUT2D eigenvalue weighted by atomic mass is 32.1. The average molecular weight is 485 g/mol. The first kappa shape index (κ1) is 24.6. The second-order valence-corrected chi connectivity index (χ2v) is 9.72. The molecule has 0 spiro atoms. The Hall–Kier alpha value is -3.51. The van der Waals surface area contributed by atoms with Crippen LogP contribution in [-0.4, -0.2) is 27.9 Å². The van der Waals surface area contributed by atoms with Gasteiger partial charge in [0.25, 0.3) is 0 Å². The van der Waals surface area contributed by atoms with Crippen molar-refractivity contribution in [3.8, 4) is 0 Å². The van der Waals surface area contributed by atoms with Gasteiger partial charge in [-0.3, -0.25) is 4.79 Å². The fraction of sp³-hybridized carbons (Fsp3) is 0.276. The fourth-order valence-corrected chi connectivity index (χ4v) is 4.61. The van der Waals surface area contributed by atoms with Crippen LogP contribution in [0.3, 0.4) is 0 Å². The van der Waals surface area contributed by atoms with E-state index in [9.17, 15) is 4.79 Å². The Kier molecular flexibility index (Phi) is 8.63. The monoisotopic (exact) mass is 484 g/mol. The lowest BCUT2D eigenvalue weighted by Gasteiger charge is -2.22. The van der Waals surface area contributed by atoms with Crippen LogP contribution >= 0.6 is 11.5 Å². The van der Waals surface area contributed by atoms with Gasteiger partial charge >= 0.3 is 0 Å². The number of carbonyl (C=O) groups is 1. The van der Waals surface area contributed by atoms with Crippen LogP contribution in [0, 0.1) is 6.92 Å². The number of carbonyl (C=O) groups excluding carboxylic acids is 1. The molecule has 0 fully saturated rings. The molecule has 1 unspecified atom stereocenters. The molecule has 5 nitrogen and oxygen atoms in total. The molecule has 0 radical (unpaired) electrons. The van der Waals surface area contributed by atoms with E-state index in [0.29, 0.717) is 13.0 Å². The normalized spacial score (nSPS) is 11.7. The van der Waals surface area contributed by atoms with Gasteiger partial charge in [-0.2, -0.15) is 4.37 Å². The van der Waals surface area contributed by atoms with Crippen LogP contribution in [0.4, 0.5) is 5.13 Å². The Labute approximate surface area is 212 Å². The molecule has 1 heterocycles. The van der Waals surface area contributed by atoms with Crippen LogP contribution in [0.2, 0.25) is 0 Å². The number of amides is 1. The molecule has 180 valence electrons. The summed E-state index contributed by atoms with van der Waals surface area (Å²) in [5.74, 6) is 0.778. The number of anilines is 1. The van der Waals surface area contributed by atoms with Crippen LogP contribution in [0.1, 0.15) is 41.4 Å². The standard InChI is InChI=1S/C29H32N4OS/c1-22-13-16-25(17-14-22)19-27-31-29(35-32-27)33(20-26-11-7-4-8-12-26)21-28(34)30-23(2)15-18-24-9-5-3-6-10-24/h3-14,16-17,23H,15,18-21H2,1-2H3,(H,30,34). The van der Waals surface area contributed by atoms with Crippen molar-refractivity contribution in [2.45, 2.75) is 45.7 Å². The fourth-order valence-electron chi connectivity index (χ4n) is 3.92. The predicted molar refractivity (Wildman–Crippen MR) is 144 cm³/mol. The average Bonchev–Trinajstić information content (AvgIpc) is 3.33. The summed E-state index contributed by atoms with van der Waals surface area (Å²) in [4.78, 5) is 19.8. The highest BCUT2D eigenvalue weighted by molar-refractivity contribution is 7.09.